The highest BCUT2D eigenvalue weighted by Crippen LogP contribution is 2.40. The molecule has 0 radical (unpaired) electrons. The standard InChI is InChI=1S/C15H11Cl2N3O3S/c16-8-2-1-6(3-9(8)17)5-19-14(23)7-4-10(21)12(22)13-11(7)20-15(18)24-13/h1-4,21-22H,5H2,(H2,18,20)(H,19,23). The zero-order valence-electron chi connectivity index (χ0n) is 12.0. The number of aromatic nitrogens is 1. The van der Waals surface area contributed by atoms with Gasteiger partial charge in [0.15, 0.2) is 16.6 Å². The molecule has 0 spiro atoms. The van der Waals surface area contributed by atoms with Crippen LogP contribution in [0.25, 0.3) is 10.2 Å². The highest BCUT2D eigenvalue weighted by Gasteiger charge is 2.19. The van der Waals surface area contributed by atoms with Gasteiger partial charge in [0.1, 0.15) is 10.2 Å². The summed E-state index contributed by atoms with van der Waals surface area (Å²) in [5, 5.41) is 23.3. The van der Waals surface area contributed by atoms with E-state index in [2.05, 4.69) is 10.3 Å². The molecule has 5 N–H and O–H groups in total. The van der Waals surface area contributed by atoms with Crippen molar-refractivity contribution >= 4 is 55.8 Å². The SMILES string of the molecule is Nc1nc2c(C(=O)NCc3ccc(Cl)c(Cl)c3)cc(O)c(O)c2s1. The second kappa shape index (κ2) is 6.35. The second-order valence-electron chi connectivity index (χ2n) is 4.95. The lowest BCUT2D eigenvalue weighted by atomic mass is 10.1. The van der Waals surface area contributed by atoms with Gasteiger partial charge in [0.2, 0.25) is 0 Å². The number of carbonyl (C=O) groups excluding carboxylic acids is 1. The fourth-order valence-electron chi connectivity index (χ4n) is 2.17. The van der Waals surface area contributed by atoms with Crippen LogP contribution in [0.15, 0.2) is 24.3 Å². The number of aromatic hydroxyl groups is 2. The van der Waals surface area contributed by atoms with Crippen molar-refractivity contribution in [3.8, 4) is 11.5 Å². The summed E-state index contributed by atoms with van der Waals surface area (Å²) in [6.07, 6.45) is 0. The highest BCUT2D eigenvalue weighted by molar-refractivity contribution is 7.22. The van der Waals surface area contributed by atoms with E-state index in [1.54, 1.807) is 18.2 Å². The lowest BCUT2D eigenvalue weighted by molar-refractivity contribution is 0.0952. The van der Waals surface area contributed by atoms with E-state index >= 15 is 0 Å². The summed E-state index contributed by atoms with van der Waals surface area (Å²) in [4.78, 5) is 16.5. The molecule has 0 unspecified atom stereocenters. The normalized spacial score (nSPS) is 10.9. The third kappa shape index (κ3) is 3.06. The number of nitrogens with one attached hydrogen (secondary N) is 1. The van der Waals surface area contributed by atoms with Crippen LogP contribution in [0.5, 0.6) is 11.5 Å². The number of anilines is 1. The lowest BCUT2D eigenvalue weighted by Crippen LogP contribution is -2.23. The van der Waals surface area contributed by atoms with E-state index in [4.69, 9.17) is 28.9 Å². The Bertz CT molecular complexity index is 959. The summed E-state index contributed by atoms with van der Waals surface area (Å²) >= 11 is 12.8. The molecule has 0 bridgehead atoms. The summed E-state index contributed by atoms with van der Waals surface area (Å²) in [5.74, 6) is -1.22. The van der Waals surface area contributed by atoms with Gasteiger partial charge in [0.25, 0.3) is 5.91 Å². The van der Waals surface area contributed by atoms with E-state index in [0.717, 1.165) is 23.0 Å². The zero-order chi connectivity index (χ0) is 17.4. The fourth-order valence-corrected chi connectivity index (χ4v) is 3.29. The number of nitrogen functional groups attached to an aromatic ring is 1. The molecule has 1 aromatic heterocycles. The van der Waals surface area contributed by atoms with Crippen molar-refractivity contribution in [1.82, 2.24) is 10.3 Å². The Morgan fingerprint density at radius 1 is 1.25 bits per heavy atom. The Labute approximate surface area is 150 Å². The molecule has 0 aliphatic rings. The number of amides is 1. The predicted molar refractivity (Wildman–Crippen MR) is 95.0 cm³/mol. The van der Waals surface area contributed by atoms with Gasteiger partial charge in [-0.2, -0.15) is 0 Å². The number of nitrogens with two attached hydrogens (primary N) is 1. The Balaban J connectivity index is 1.88. The van der Waals surface area contributed by atoms with Crippen molar-refractivity contribution in [1.29, 1.82) is 0 Å². The fraction of sp³-hybridized carbons (Fsp3) is 0.0667. The van der Waals surface area contributed by atoms with Gasteiger partial charge in [-0.25, -0.2) is 4.98 Å². The van der Waals surface area contributed by atoms with Crippen molar-refractivity contribution in [2.75, 3.05) is 5.73 Å². The van der Waals surface area contributed by atoms with Gasteiger partial charge < -0.3 is 21.3 Å². The molecular weight excluding hydrogens is 373 g/mol. The molecule has 6 nitrogen and oxygen atoms in total. The summed E-state index contributed by atoms with van der Waals surface area (Å²) in [5.41, 5.74) is 6.74. The molecule has 3 aromatic rings. The van der Waals surface area contributed by atoms with Crippen LogP contribution in [-0.2, 0) is 6.54 Å². The van der Waals surface area contributed by atoms with Crippen LogP contribution in [0.1, 0.15) is 15.9 Å². The monoisotopic (exact) mass is 383 g/mol. The van der Waals surface area contributed by atoms with Crippen molar-refractivity contribution in [3.05, 3.63) is 45.4 Å². The van der Waals surface area contributed by atoms with Crippen LogP contribution >= 0.6 is 34.5 Å². The molecule has 3 rings (SSSR count). The molecule has 0 aliphatic heterocycles. The van der Waals surface area contributed by atoms with E-state index in [0.29, 0.717) is 10.0 Å². The Hall–Kier alpha value is -2.22. The van der Waals surface area contributed by atoms with E-state index in [1.165, 1.54) is 0 Å². The molecule has 124 valence electrons. The molecule has 0 atom stereocenters. The Morgan fingerprint density at radius 2 is 2.00 bits per heavy atom. The Kier molecular flexibility index (Phi) is 4.40. The minimum atomic E-state index is -0.466. The largest absolute Gasteiger partial charge is 0.504 e. The number of halogens is 2. The minimum absolute atomic E-state index is 0.119. The van der Waals surface area contributed by atoms with Crippen molar-refractivity contribution in [2.24, 2.45) is 0 Å². The maximum atomic E-state index is 12.4. The van der Waals surface area contributed by atoms with Crippen molar-refractivity contribution < 1.29 is 15.0 Å². The topological polar surface area (TPSA) is 108 Å². The van der Waals surface area contributed by atoms with Crippen LogP contribution in [-0.4, -0.2) is 21.1 Å². The van der Waals surface area contributed by atoms with Gasteiger partial charge in [-0.3, -0.25) is 4.79 Å². The number of phenolic OH excluding ortho intramolecular Hbond substituents is 2. The van der Waals surface area contributed by atoms with Crippen LogP contribution in [0.2, 0.25) is 10.0 Å². The van der Waals surface area contributed by atoms with Gasteiger partial charge in [0.05, 0.1) is 15.6 Å². The van der Waals surface area contributed by atoms with Gasteiger partial charge in [-0.05, 0) is 23.8 Å². The Morgan fingerprint density at radius 3 is 2.71 bits per heavy atom. The first-order valence-corrected chi connectivity index (χ1v) is 8.27. The van der Waals surface area contributed by atoms with Crippen LogP contribution in [0, 0.1) is 0 Å². The molecule has 0 fully saturated rings. The molecule has 2 aromatic carbocycles. The molecule has 0 saturated heterocycles. The number of fused-ring (bicyclic) bond motifs is 1. The van der Waals surface area contributed by atoms with E-state index < -0.39 is 11.7 Å². The van der Waals surface area contributed by atoms with Gasteiger partial charge in [-0.1, -0.05) is 40.6 Å². The lowest BCUT2D eigenvalue weighted by Gasteiger charge is -2.08. The molecule has 24 heavy (non-hydrogen) atoms. The van der Waals surface area contributed by atoms with E-state index in [1.807, 2.05) is 0 Å². The van der Waals surface area contributed by atoms with E-state index in [9.17, 15) is 15.0 Å². The van der Waals surface area contributed by atoms with Crippen molar-refractivity contribution in [3.63, 3.8) is 0 Å². The van der Waals surface area contributed by atoms with Crippen LogP contribution < -0.4 is 11.1 Å². The predicted octanol–water partition coefficient (Wildman–Crippen LogP) is 3.53. The number of hydrogen-bond donors (Lipinski definition) is 4. The minimum Gasteiger partial charge on any atom is -0.504 e. The second-order valence-corrected chi connectivity index (χ2v) is 6.80. The molecule has 9 heteroatoms. The number of nitrogens with zero attached hydrogens (tertiary/aromatic N) is 1. The smallest absolute Gasteiger partial charge is 0.253 e. The molecule has 1 heterocycles. The zero-order valence-corrected chi connectivity index (χ0v) is 14.3. The quantitative estimate of drug-likeness (QED) is 0.517. The van der Waals surface area contributed by atoms with Gasteiger partial charge >= 0.3 is 0 Å². The summed E-state index contributed by atoms with van der Waals surface area (Å²) < 4.78 is 0.257. The third-order valence-electron chi connectivity index (χ3n) is 3.32. The number of thiazole rings is 1. The average Bonchev–Trinajstić information content (AvgIpc) is 2.93. The first-order valence-electron chi connectivity index (χ1n) is 6.70. The highest BCUT2D eigenvalue weighted by atomic mass is 35.5. The maximum absolute atomic E-state index is 12.4. The van der Waals surface area contributed by atoms with Crippen LogP contribution in [0.3, 0.4) is 0 Å². The molecular formula is C15H11Cl2N3O3S. The summed E-state index contributed by atoms with van der Waals surface area (Å²) in [7, 11) is 0. The molecule has 0 saturated carbocycles. The van der Waals surface area contributed by atoms with Gasteiger partial charge in [0, 0.05) is 6.54 Å². The number of phenols is 2. The first-order chi connectivity index (χ1) is 11.4. The third-order valence-corrected chi connectivity index (χ3v) is 4.95. The summed E-state index contributed by atoms with van der Waals surface area (Å²) in [6.45, 7) is 0.207. The summed E-state index contributed by atoms with van der Waals surface area (Å²) in [6, 6.07) is 6.17. The molecule has 1 amide bonds. The molecule has 0 aliphatic carbocycles. The number of benzene rings is 2. The first kappa shape index (κ1) is 16.6. The van der Waals surface area contributed by atoms with Crippen LogP contribution in [0.4, 0.5) is 5.13 Å². The number of hydrogen-bond acceptors (Lipinski definition) is 6. The average molecular weight is 384 g/mol. The van der Waals surface area contributed by atoms with Crippen molar-refractivity contribution in [2.45, 2.75) is 6.54 Å². The maximum Gasteiger partial charge on any atom is 0.253 e. The van der Waals surface area contributed by atoms with Gasteiger partial charge in [-0.15, -0.1) is 0 Å². The van der Waals surface area contributed by atoms with E-state index in [-0.39, 0.29) is 33.2 Å². The number of rotatable bonds is 3. The number of carbonyl (C=O) groups is 1.